The molecule has 1 aromatic rings. The molecule has 1 atom stereocenters. The van der Waals surface area contributed by atoms with Crippen LogP contribution in [0.2, 0.25) is 0 Å². The molecule has 0 radical (unpaired) electrons. The monoisotopic (exact) mass is 289 g/mol. The normalized spacial score (nSPS) is 25.1. The smallest absolute Gasteiger partial charge is 0.411 e. The van der Waals surface area contributed by atoms with E-state index >= 15 is 0 Å². The third-order valence-corrected chi connectivity index (χ3v) is 4.14. The fourth-order valence-corrected chi connectivity index (χ4v) is 3.01. The Morgan fingerprint density at radius 3 is 3.10 bits per heavy atom. The standard InChI is InChI=1S/C15H19N3O3/c1-16-13-18-15(9-21-13)7-6-10-4-3-5-12(11(10)8-15)17-14(19)20-2/h3-5H,6-9H2,1-2H3,(H,16,18)(H,17,19). The van der Waals surface area contributed by atoms with E-state index in [9.17, 15) is 4.79 Å². The Bertz CT molecular complexity index is 600. The van der Waals surface area contributed by atoms with Crippen molar-refractivity contribution < 1.29 is 14.3 Å². The van der Waals surface area contributed by atoms with Gasteiger partial charge < -0.3 is 14.8 Å². The number of carbonyl (C=O) groups excluding carboxylic acids is 1. The maximum atomic E-state index is 11.5. The van der Waals surface area contributed by atoms with Gasteiger partial charge in [-0.25, -0.2) is 9.79 Å². The third kappa shape index (κ3) is 2.53. The van der Waals surface area contributed by atoms with Gasteiger partial charge in [0, 0.05) is 19.2 Å². The van der Waals surface area contributed by atoms with Crippen LogP contribution in [0.15, 0.2) is 23.2 Å². The highest BCUT2D eigenvalue weighted by Gasteiger charge is 2.41. The van der Waals surface area contributed by atoms with E-state index in [0.717, 1.165) is 30.5 Å². The van der Waals surface area contributed by atoms with Gasteiger partial charge in [0.05, 0.1) is 12.6 Å². The van der Waals surface area contributed by atoms with Crippen LogP contribution in [0.1, 0.15) is 17.5 Å². The number of ether oxygens (including phenoxy) is 2. The Balaban J connectivity index is 1.89. The van der Waals surface area contributed by atoms with E-state index < -0.39 is 6.09 Å². The van der Waals surface area contributed by atoms with E-state index in [-0.39, 0.29) is 5.54 Å². The first-order valence-corrected chi connectivity index (χ1v) is 6.99. The van der Waals surface area contributed by atoms with E-state index in [1.165, 1.54) is 12.7 Å². The molecule has 1 aromatic carbocycles. The van der Waals surface area contributed by atoms with Gasteiger partial charge in [0.15, 0.2) is 0 Å². The summed E-state index contributed by atoms with van der Waals surface area (Å²) in [7, 11) is 3.07. The van der Waals surface area contributed by atoms with Crippen LogP contribution in [0.5, 0.6) is 0 Å². The zero-order valence-electron chi connectivity index (χ0n) is 12.2. The Labute approximate surface area is 123 Å². The molecule has 0 aromatic heterocycles. The number of amidine groups is 1. The minimum atomic E-state index is -0.450. The van der Waals surface area contributed by atoms with Gasteiger partial charge in [0.25, 0.3) is 6.02 Å². The molecule has 1 amide bonds. The number of rotatable bonds is 1. The molecule has 2 N–H and O–H groups in total. The predicted octanol–water partition coefficient (Wildman–Crippen LogP) is 1.70. The number of benzene rings is 1. The molecule has 2 aliphatic rings. The van der Waals surface area contributed by atoms with Crippen LogP contribution in [0, 0.1) is 0 Å². The van der Waals surface area contributed by atoms with E-state index in [4.69, 9.17) is 4.74 Å². The average Bonchev–Trinajstić information content (AvgIpc) is 2.91. The molecule has 1 spiro atoms. The molecule has 6 heteroatoms. The number of aliphatic imine (C=N–C) groups is 1. The molecule has 0 saturated carbocycles. The molecule has 1 fully saturated rings. The molecule has 21 heavy (non-hydrogen) atoms. The number of hydrogen-bond acceptors (Lipinski definition) is 4. The molecule has 1 unspecified atom stereocenters. The molecule has 6 nitrogen and oxygen atoms in total. The minimum Gasteiger partial charge on any atom is -0.463 e. The van der Waals surface area contributed by atoms with Gasteiger partial charge in [-0.05, 0) is 30.0 Å². The summed E-state index contributed by atoms with van der Waals surface area (Å²) in [4.78, 5) is 15.6. The second-order valence-corrected chi connectivity index (χ2v) is 5.46. The quantitative estimate of drug-likeness (QED) is 0.825. The first-order valence-electron chi connectivity index (χ1n) is 6.99. The van der Waals surface area contributed by atoms with Crippen molar-refractivity contribution in [2.75, 3.05) is 26.1 Å². The fourth-order valence-electron chi connectivity index (χ4n) is 3.01. The van der Waals surface area contributed by atoms with Gasteiger partial charge in [0.2, 0.25) is 0 Å². The minimum absolute atomic E-state index is 0.129. The number of aryl methyl sites for hydroxylation is 1. The molecule has 1 heterocycles. The first-order chi connectivity index (χ1) is 10.2. The number of amides is 1. The molecule has 3 rings (SSSR count). The topological polar surface area (TPSA) is 72.0 Å². The Morgan fingerprint density at radius 2 is 2.38 bits per heavy atom. The highest BCUT2D eigenvalue weighted by atomic mass is 16.5. The van der Waals surface area contributed by atoms with Crippen LogP contribution in [-0.4, -0.2) is 38.4 Å². The van der Waals surface area contributed by atoms with Gasteiger partial charge in [-0.2, -0.15) is 0 Å². The van der Waals surface area contributed by atoms with Crippen LogP contribution in [0.25, 0.3) is 0 Å². The molecule has 0 bridgehead atoms. The van der Waals surface area contributed by atoms with Crippen molar-refractivity contribution >= 4 is 17.8 Å². The second kappa shape index (κ2) is 5.27. The van der Waals surface area contributed by atoms with Gasteiger partial charge in [-0.3, -0.25) is 5.32 Å². The molecule has 112 valence electrons. The van der Waals surface area contributed by atoms with E-state index in [1.54, 1.807) is 7.05 Å². The lowest BCUT2D eigenvalue weighted by Crippen LogP contribution is -2.48. The average molecular weight is 289 g/mol. The first kappa shape index (κ1) is 13.7. The Hall–Kier alpha value is -2.24. The van der Waals surface area contributed by atoms with Crippen molar-refractivity contribution in [3.63, 3.8) is 0 Å². The lowest BCUT2D eigenvalue weighted by Gasteiger charge is -2.33. The summed E-state index contributed by atoms with van der Waals surface area (Å²) in [6.07, 6.45) is 2.27. The number of fused-ring (bicyclic) bond motifs is 1. The van der Waals surface area contributed by atoms with Gasteiger partial charge >= 0.3 is 6.09 Å². The van der Waals surface area contributed by atoms with Gasteiger partial charge in [-0.1, -0.05) is 12.1 Å². The second-order valence-electron chi connectivity index (χ2n) is 5.46. The van der Waals surface area contributed by atoms with E-state index in [1.807, 2.05) is 12.1 Å². The van der Waals surface area contributed by atoms with Gasteiger partial charge in [0.1, 0.15) is 6.61 Å². The summed E-state index contributed by atoms with van der Waals surface area (Å²) in [5.74, 6) is 0. The Morgan fingerprint density at radius 1 is 1.52 bits per heavy atom. The van der Waals surface area contributed by atoms with Crippen LogP contribution in [-0.2, 0) is 22.3 Å². The molecule has 1 saturated heterocycles. The lowest BCUT2D eigenvalue weighted by molar-refractivity contribution is 0.187. The van der Waals surface area contributed by atoms with Crippen molar-refractivity contribution in [2.45, 2.75) is 24.8 Å². The van der Waals surface area contributed by atoms with E-state index in [0.29, 0.717) is 12.6 Å². The van der Waals surface area contributed by atoms with Gasteiger partial charge in [-0.15, -0.1) is 0 Å². The number of nitrogens with one attached hydrogen (secondary N) is 2. The molecule has 1 aliphatic heterocycles. The predicted molar refractivity (Wildman–Crippen MR) is 79.7 cm³/mol. The number of carbonyl (C=O) groups is 1. The number of hydrogen-bond donors (Lipinski definition) is 2. The van der Waals surface area contributed by atoms with Crippen molar-refractivity contribution in [1.29, 1.82) is 0 Å². The van der Waals surface area contributed by atoms with Crippen LogP contribution in [0.3, 0.4) is 0 Å². The lowest BCUT2D eigenvalue weighted by atomic mass is 9.78. The summed E-state index contributed by atoms with van der Waals surface area (Å²) >= 11 is 0. The maximum absolute atomic E-state index is 11.5. The number of methoxy groups -OCH3 is 1. The Kier molecular flexibility index (Phi) is 3.45. The summed E-state index contributed by atoms with van der Waals surface area (Å²) in [6, 6.07) is 6.56. The number of nitrogens with zero attached hydrogens (tertiary/aromatic N) is 1. The molecular formula is C15H19N3O3. The largest absolute Gasteiger partial charge is 0.463 e. The summed E-state index contributed by atoms with van der Waals surface area (Å²) < 4.78 is 10.3. The summed E-state index contributed by atoms with van der Waals surface area (Å²) in [5.41, 5.74) is 3.08. The van der Waals surface area contributed by atoms with E-state index in [2.05, 4.69) is 26.4 Å². The van der Waals surface area contributed by atoms with Crippen LogP contribution < -0.4 is 10.6 Å². The van der Waals surface area contributed by atoms with Crippen LogP contribution in [0.4, 0.5) is 10.5 Å². The highest BCUT2D eigenvalue weighted by molar-refractivity contribution is 5.86. The van der Waals surface area contributed by atoms with Crippen LogP contribution >= 0.6 is 0 Å². The maximum Gasteiger partial charge on any atom is 0.411 e. The SMILES string of the molecule is CN=C1NC2(CCc3cccc(NC(=O)OC)c3C2)CO1. The van der Waals surface area contributed by atoms with Crippen molar-refractivity contribution in [3.8, 4) is 0 Å². The molecule has 1 aliphatic carbocycles. The zero-order chi connectivity index (χ0) is 14.9. The van der Waals surface area contributed by atoms with Crippen molar-refractivity contribution in [3.05, 3.63) is 29.3 Å². The number of anilines is 1. The summed E-state index contributed by atoms with van der Waals surface area (Å²) in [6.45, 7) is 0.603. The summed E-state index contributed by atoms with van der Waals surface area (Å²) in [5, 5.41) is 6.17. The fraction of sp³-hybridized carbons (Fsp3) is 0.467. The highest BCUT2D eigenvalue weighted by Crippen LogP contribution is 2.35. The van der Waals surface area contributed by atoms with Crippen molar-refractivity contribution in [1.82, 2.24) is 5.32 Å². The zero-order valence-corrected chi connectivity index (χ0v) is 12.2. The van der Waals surface area contributed by atoms with Crippen molar-refractivity contribution in [2.24, 2.45) is 4.99 Å². The third-order valence-electron chi connectivity index (χ3n) is 4.14. The molecular weight excluding hydrogens is 270 g/mol.